The van der Waals surface area contributed by atoms with Crippen LogP contribution in [0.25, 0.3) is 0 Å². The smallest absolute Gasteiger partial charge is 0.306 e. The largest absolute Gasteiger partial charge is 0.481 e. The standard InChI is InChI=1S/C13H23NO4/c1-3-4-10(2)18-9-12(15)14-7-5-11(6-8-14)13(16)17/h10-11H,3-9H2,1-2H3,(H,16,17). The van der Waals surface area contributed by atoms with Crippen LogP contribution in [0.4, 0.5) is 0 Å². The molecule has 0 aliphatic carbocycles. The average molecular weight is 257 g/mol. The lowest BCUT2D eigenvalue weighted by Crippen LogP contribution is -2.42. The Kier molecular flexibility index (Phi) is 6.12. The van der Waals surface area contributed by atoms with Gasteiger partial charge in [0.15, 0.2) is 0 Å². The highest BCUT2D eigenvalue weighted by atomic mass is 16.5. The van der Waals surface area contributed by atoms with Gasteiger partial charge >= 0.3 is 5.97 Å². The van der Waals surface area contributed by atoms with Crippen molar-refractivity contribution >= 4 is 11.9 Å². The van der Waals surface area contributed by atoms with E-state index in [0.29, 0.717) is 25.9 Å². The van der Waals surface area contributed by atoms with Crippen LogP contribution in [0.3, 0.4) is 0 Å². The van der Waals surface area contributed by atoms with E-state index < -0.39 is 5.97 Å². The molecule has 1 fully saturated rings. The summed E-state index contributed by atoms with van der Waals surface area (Å²) in [6.45, 7) is 5.22. The maximum atomic E-state index is 11.8. The van der Waals surface area contributed by atoms with Crippen molar-refractivity contribution in [2.75, 3.05) is 19.7 Å². The fourth-order valence-corrected chi connectivity index (χ4v) is 2.17. The molecule has 1 saturated heterocycles. The zero-order valence-corrected chi connectivity index (χ0v) is 11.2. The Morgan fingerprint density at radius 1 is 1.39 bits per heavy atom. The van der Waals surface area contributed by atoms with E-state index in [9.17, 15) is 9.59 Å². The predicted molar refractivity (Wildman–Crippen MR) is 67.3 cm³/mol. The fourth-order valence-electron chi connectivity index (χ4n) is 2.17. The molecule has 1 rings (SSSR count). The van der Waals surface area contributed by atoms with Crippen LogP contribution in [0.1, 0.15) is 39.5 Å². The number of nitrogens with zero attached hydrogens (tertiary/aromatic N) is 1. The minimum absolute atomic E-state index is 0.0261. The quantitative estimate of drug-likeness (QED) is 0.783. The summed E-state index contributed by atoms with van der Waals surface area (Å²) in [5.41, 5.74) is 0. The van der Waals surface area contributed by atoms with Gasteiger partial charge < -0.3 is 14.7 Å². The maximum Gasteiger partial charge on any atom is 0.306 e. The molecule has 1 atom stereocenters. The number of carboxylic acids is 1. The van der Waals surface area contributed by atoms with Gasteiger partial charge in [-0.15, -0.1) is 0 Å². The monoisotopic (exact) mass is 257 g/mol. The van der Waals surface area contributed by atoms with E-state index in [1.165, 1.54) is 0 Å². The number of hydrogen-bond acceptors (Lipinski definition) is 3. The number of carbonyl (C=O) groups is 2. The summed E-state index contributed by atoms with van der Waals surface area (Å²) < 4.78 is 5.46. The van der Waals surface area contributed by atoms with E-state index in [2.05, 4.69) is 6.92 Å². The zero-order valence-electron chi connectivity index (χ0n) is 11.2. The van der Waals surface area contributed by atoms with Crippen molar-refractivity contribution in [3.63, 3.8) is 0 Å². The first-order chi connectivity index (χ1) is 8.54. The highest BCUT2D eigenvalue weighted by molar-refractivity contribution is 5.78. The van der Waals surface area contributed by atoms with E-state index in [-0.39, 0.29) is 24.5 Å². The molecule has 0 spiro atoms. The molecule has 1 aliphatic rings. The van der Waals surface area contributed by atoms with Crippen molar-refractivity contribution in [1.82, 2.24) is 4.90 Å². The van der Waals surface area contributed by atoms with Gasteiger partial charge in [-0.25, -0.2) is 0 Å². The van der Waals surface area contributed by atoms with Crippen LogP contribution in [0, 0.1) is 5.92 Å². The molecular weight excluding hydrogens is 234 g/mol. The summed E-state index contributed by atoms with van der Waals surface area (Å²) in [5, 5.41) is 8.87. The van der Waals surface area contributed by atoms with Crippen LogP contribution in [0.2, 0.25) is 0 Å². The number of ether oxygens (including phenoxy) is 1. The van der Waals surface area contributed by atoms with Gasteiger partial charge in [-0.1, -0.05) is 13.3 Å². The molecule has 1 N–H and O–H groups in total. The minimum Gasteiger partial charge on any atom is -0.481 e. The molecule has 1 amide bonds. The van der Waals surface area contributed by atoms with Gasteiger partial charge in [0, 0.05) is 13.1 Å². The first kappa shape index (κ1) is 15.0. The second kappa shape index (κ2) is 7.36. The lowest BCUT2D eigenvalue weighted by Gasteiger charge is -2.30. The molecule has 104 valence electrons. The van der Waals surface area contributed by atoms with Crippen LogP contribution >= 0.6 is 0 Å². The number of amides is 1. The number of piperidine rings is 1. The number of carbonyl (C=O) groups excluding carboxylic acids is 1. The molecule has 1 heterocycles. The molecule has 0 bridgehead atoms. The van der Waals surface area contributed by atoms with Gasteiger partial charge in [0.2, 0.25) is 5.91 Å². The molecule has 0 radical (unpaired) electrons. The summed E-state index contributed by atoms with van der Waals surface area (Å²) in [6.07, 6.45) is 3.20. The normalized spacial score (nSPS) is 18.7. The summed E-state index contributed by atoms with van der Waals surface area (Å²) in [5.74, 6) is -1.08. The van der Waals surface area contributed by atoms with Gasteiger partial charge in [-0.3, -0.25) is 9.59 Å². The molecule has 1 unspecified atom stereocenters. The molecule has 0 aromatic carbocycles. The molecule has 1 aliphatic heterocycles. The van der Waals surface area contributed by atoms with Crippen molar-refractivity contribution in [1.29, 1.82) is 0 Å². The first-order valence-corrected chi connectivity index (χ1v) is 6.66. The Labute approximate surface area is 108 Å². The third-order valence-electron chi connectivity index (χ3n) is 3.38. The molecule has 18 heavy (non-hydrogen) atoms. The van der Waals surface area contributed by atoms with Crippen molar-refractivity contribution in [3.8, 4) is 0 Å². The van der Waals surface area contributed by atoms with Crippen LogP contribution < -0.4 is 0 Å². The van der Waals surface area contributed by atoms with Gasteiger partial charge in [0.25, 0.3) is 0 Å². The van der Waals surface area contributed by atoms with Gasteiger partial charge in [0.1, 0.15) is 6.61 Å². The summed E-state index contributed by atoms with van der Waals surface area (Å²) in [7, 11) is 0. The van der Waals surface area contributed by atoms with E-state index in [0.717, 1.165) is 12.8 Å². The zero-order chi connectivity index (χ0) is 13.5. The lowest BCUT2D eigenvalue weighted by molar-refractivity contribution is -0.147. The van der Waals surface area contributed by atoms with Gasteiger partial charge in [-0.2, -0.15) is 0 Å². The second-order valence-corrected chi connectivity index (χ2v) is 4.90. The highest BCUT2D eigenvalue weighted by Crippen LogP contribution is 2.17. The first-order valence-electron chi connectivity index (χ1n) is 6.66. The summed E-state index contributed by atoms with van der Waals surface area (Å²) in [4.78, 5) is 24.3. The van der Waals surface area contributed by atoms with E-state index >= 15 is 0 Å². The van der Waals surface area contributed by atoms with E-state index in [1.807, 2.05) is 6.92 Å². The number of carboxylic acid groups (broad SMARTS) is 1. The summed E-state index contributed by atoms with van der Waals surface area (Å²) >= 11 is 0. The van der Waals surface area contributed by atoms with Crippen LogP contribution in [-0.4, -0.2) is 47.7 Å². The fraction of sp³-hybridized carbons (Fsp3) is 0.846. The Balaban J connectivity index is 2.25. The van der Waals surface area contributed by atoms with Crippen LogP contribution in [-0.2, 0) is 14.3 Å². The van der Waals surface area contributed by atoms with Gasteiger partial charge in [0.05, 0.1) is 12.0 Å². The molecule has 0 saturated carbocycles. The number of likely N-dealkylation sites (tertiary alicyclic amines) is 1. The van der Waals surface area contributed by atoms with Crippen molar-refractivity contribution in [3.05, 3.63) is 0 Å². The number of hydrogen-bond donors (Lipinski definition) is 1. The van der Waals surface area contributed by atoms with E-state index in [1.54, 1.807) is 4.90 Å². The van der Waals surface area contributed by atoms with Crippen LogP contribution in [0.5, 0.6) is 0 Å². The molecule has 5 nitrogen and oxygen atoms in total. The van der Waals surface area contributed by atoms with Crippen molar-refractivity contribution in [2.45, 2.75) is 45.6 Å². The van der Waals surface area contributed by atoms with Gasteiger partial charge in [-0.05, 0) is 26.2 Å². The highest BCUT2D eigenvalue weighted by Gasteiger charge is 2.26. The molecule has 0 aromatic rings. The average Bonchev–Trinajstić information content (AvgIpc) is 2.36. The van der Waals surface area contributed by atoms with Crippen LogP contribution in [0.15, 0.2) is 0 Å². The number of aliphatic carboxylic acids is 1. The third-order valence-corrected chi connectivity index (χ3v) is 3.38. The summed E-state index contributed by atoms with van der Waals surface area (Å²) in [6, 6.07) is 0. The third kappa shape index (κ3) is 4.64. The maximum absolute atomic E-state index is 11.8. The lowest BCUT2D eigenvalue weighted by atomic mass is 9.97. The Morgan fingerprint density at radius 3 is 2.50 bits per heavy atom. The SMILES string of the molecule is CCCC(C)OCC(=O)N1CCC(C(=O)O)CC1. The Hall–Kier alpha value is -1.10. The predicted octanol–water partition coefficient (Wildman–Crippen LogP) is 1.51. The second-order valence-electron chi connectivity index (χ2n) is 4.90. The minimum atomic E-state index is -0.755. The molecule has 0 aromatic heterocycles. The Bertz CT molecular complexity index is 285. The van der Waals surface area contributed by atoms with Crippen molar-refractivity contribution < 1.29 is 19.4 Å². The molecular formula is C13H23NO4. The topological polar surface area (TPSA) is 66.8 Å². The Morgan fingerprint density at radius 2 is 2.00 bits per heavy atom. The van der Waals surface area contributed by atoms with Crippen molar-refractivity contribution in [2.24, 2.45) is 5.92 Å². The number of rotatable bonds is 6. The molecule has 5 heteroatoms. The van der Waals surface area contributed by atoms with E-state index in [4.69, 9.17) is 9.84 Å².